The largest absolute Gasteiger partial charge is 0.348 e. The normalized spacial score (nSPS) is 26.4. The second-order valence-electron chi connectivity index (χ2n) is 5.81. The van der Waals surface area contributed by atoms with Crippen LogP contribution in [0.3, 0.4) is 0 Å². The lowest BCUT2D eigenvalue weighted by Crippen LogP contribution is -2.38. The summed E-state index contributed by atoms with van der Waals surface area (Å²) in [6, 6.07) is 6.47. The summed E-state index contributed by atoms with van der Waals surface area (Å²) in [5, 5.41) is 0. The molecule has 0 unspecified atom stereocenters. The van der Waals surface area contributed by atoms with Gasteiger partial charge < -0.3 is 9.47 Å². The number of halogens is 1. The van der Waals surface area contributed by atoms with Crippen molar-refractivity contribution in [2.24, 2.45) is 0 Å². The van der Waals surface area contributed by atoms with Gasteiger partial charge >= 0.3 is 0 Å². The molecule has 1 aromatic rings. The Bertz CT molecular complexity index is 475. The van der Waals surface area contributed by atoms with E-state index < -0.39 is 5.79 Å². The molecule has 0 spiro atoms. The van der Waals surface area contributed by atoms with Gasteiger partial charge in [-0.15, -0.1) is 0 Å². The molecule has 1 atom stereocenters. The van der Waals surface area contributed by atoms with Gasteiger partial charge in [0, 0.05) is 24.1 Å². The summed E-state index contributed by atoms with van der Waals surface area (Å²) in [6.45, 7) is 7.72. The van der Waals surface area contributed by atoms with Crippen LogP contribution < -0.4 is 0 Å². The van der Waals surface area contributed by atoms with Crippen molar-refractivity contribution in [3.8, 4) is 0 Å². The fourth-order valence-corrected chi connectivity index (χ4v) is 3.52. The molecular formula is C15H20BrNO2. The first kappa shape index (κ1) is 13.6. The predicted octanol–water partition coefficient (Wildman–Crippen LogP) is 2.96. The van der Waals surface area contributed by atoms with Crippen LogP contribution in [0, 0.1) is 0 Å². The molecule has 0 aliphatic carbocycles. The van der Waals surface area contributed by atoms with E-state index in [0.29, 0.717) is 6.61 Å². The molecule has 1 fully saturated rings. The minimum absolute atomic E-state index is 0.198. The third-order valence-electron chi connectivity index (χ3n) is 3.82. The fraction of sp³-hybridized carbons (Fsp3) is 0.600. The van der Waals surface area contributed by atoms with Gasteiger partial charge in [-0.05, 0) is 37.5 Å². The number of hydrogen-bond donors (Lipinski definition) is 0. The lowest BCUT2D eigenvalue weighted by atomic mass is 10.00. The highest BCUT2D eigenvalue weighted by molar-refractivity contribution is 9.10. The van der Waals surface area contributed by atoms with Gasteiger partial charge in [-0.25, -0.2) is 0 Å². The number of benzene rings is 1. The average molecular weight is 326 g/mol. The molecule has 19 heavy (non-hydrogen) atoms. The highest BCUT2D eigenvalue weighted by Crippen LogP contribution is 2.28. The van der Waals surface area contributed by atoms with Crippen LogP contribution in [-0.2, 0) is 22.4 Å². The summed E-state index contributed by atoms with van der Waals surface area (Å²) in [4.78, 5) is 2.46. The van der Waals surface area contributed by atoms with Gasteiger partial charge in [0.25, 0.3) is 0 Å². The highest BCUT2D eigenvalue weighted by atomic mass is 79.9. The Kier molecular flexibility index (Phi) is 3.69. The first-order valence-corrected chi connectivity index (χ1v) is 7.63. The first-order valence-electron chi connectivity index (χ1n) is 6.84. The average Bonchev–Trinajstić information content (AvgIpc) is 2.69. The van der Waals surface area contributed by atoms with E-state index in [0.717, 1.165) is 26.1 Å². The Morgan fingerprint density at radius 3 is 3.00 bits per heavy atom. The molecule has 2 aliphatic heterocycles. The molecule has 2 heterocycles. The topological polar surface area (TPSA) is 21.7 Å². The molecule has 1 saturated heterocycles. The smallest absolute Gasteiger partial charge is 0.163 e. The Balaban J connectivity index is 1.63. The molecule has 1 aromatic carbocycles. The predicted molar refractivity (Wildman–Crippen MR) is 78.0 cm³/mol. The van der Waals surface area contributed by atoms with E-state index in [4.69, 9.17) is 9.47 Å². The maximum absolute atomic E-state index is 5.89. The summed E-state index contributed by atoms with van der Waals surface area (Å²) in [7, 11) is 0. The van der Waals surface area contributed by atoms with E-state index in [1.54, 1.807) is 0 Å². The molecule has 0 bridgehead atoms. The standard InChI is InChI=1S/C15H20BrNO2/c1-15(2)18-10-12(19-15)9-17-7-6-13-11(8-17)4-3-5-14(13)16/h3-5,12H,6-10H2,1-2H3/t12-/m0/s1. The molecule has 0 N–H and O–H groups in total. The molecule has 2 aliphatic rings. The van der Waals surface area contributed by atoms with Gasteiger partial charge in [0.1, 0.15) is 0 Å². The molecule has 104 valence electrons. The fourth-order valence-electron chi connectivity index (χ4n) is 2.92. The maximum Gasteiger partial charge on any atom is 0.163 e. The van der Waals surface area contributed by atoms with Gasteiger partial charge in [-0.3, -0.25) is 4.90 Å². The van der Waals surface area contributed by atoms with Crippen molar-refractivity contribution in [2.75, 3.05) is 19.7 Å². The van der Waals surface area contributed by atoms with Crippen LogP contribution in [0.25, 0.3) is 0 Å². The van der Waals surface area contributed by atoms with Crippen LogP contribution in [0.15, 0.2) is 22.7 Å². The molecule has 0 saturated carbocycles. The highest BCUT2D eigenvalue weighted by Gasteiger charge is 2.34. The Morgan fingerprint density at radius 1 is 1.42 bits per heavy atom. The van der Waals surface area contributed by atoms with Crippen LogP contribution in [0.1, 0.15) is 25.0 Å². The second kappa shape index (κ2) is 5.17. The summed E-state index contributed by atoms with van der Waals surface area (Å²) in [5.74, 6) is -0.415. The van der Waals surface area contributed by atoms with Crippen molar-refractivity contribution in [3.63, 3.8) is 0 Å². The number of nitrogens with zero attached hydrogens (tertiary/aromatic N) is 1. The zero-order chi connectivity index (χ0) is 13.5. The van der Waals surface area contributed by atoms with Gasteiger partial charge in [-0.2, -0.15) is 0 Å². The summed E-state index contributed by atoms with van der Waals surface area (Å²) < 4.78 is 12.8. The number of rotatable bonds is 2. The zero-order valence-electron chi connectivity index (χ0n) is 11.5. The molecule has 0 amide bonds. The zero-order valence-corrected chi connectivity index (χ0v) is 13.1. The molecule has 4 heteroatoms. The number of hydrogen-bond acceptors (Lipinski definition) is 3. The quantitative estimate of drug-likeness (QED) is 0.834. The number of ether oxygens (including phenoxy) is 2. The van der Waals surface area contributed by atoms with Crippen LogP contribution in [-0.4, -0.2) is 36.5 Å². The van der Waals surface area contributed by atoms with Gasteiger partial charge in [0.15, 0.2) is 5.79 Å². The monoisotopic (exact) mass is 325 g/mol. The SMILES string of the molecule is CC1(C)OC[C@H](CN2CCc3c(Br)cccc3C2)O1. The minimum atomic E-state index is -0.415. The van der Waals surface area contributed by atoms with Gasteiger partial charge in [-0.1, -0.05) is 28.1 Å². The van der Waals surface area contributed by atoms with Gasteiger partial charge in [0.05, 0.1) is 12.7 Å². The van der Waals surface area contributed by atoms with Crippen molar-refractivity contribution in [3.05, 3.63) is 33.8 Å². The Labute approximate surface area is 123 Å². The van der Waals surface area contributed by atoms with Crippen LogP contribution in [0.4, 0.5) is 0 Å². The van der Waals surface area contributed by atoms with Crippen LogP contribution in [0.2, 0.25) is 0 Å². The summed E-state index contributed by atoms with van der Waals surface area (Å²) in [5.41, 5.74) is 2.89. The van der Waals surface area contributed by atoms with Crippen molar-refractivity contribution < 1.29 is 9.47 Å². The van der Waals surface area contributed by atoms with Crippen molar-refractivity contribution in [1.82, 2.24) is 4.90 Å². The van der Waals surface area contributed by atoms with E-state index >= 15 is 0 Å². The second-order valence-corrected chi connectivity index (χ2v) is 6.67. The van der Waals surface area contributed by atoms with E-state index in [1.165, 1.54) is 15.6 Å². The first-order chi connectivity index (χ1) is 9.03. The lowest BCUT2D eigenvalue weighted by molar-refractivity contribution is -0.140. The Morgan fingerprint density at radius 2 is 2.26 bits per heavy atom. The minimum Gasteiger partial charge on any atom is -0.348 e. The van der Waals surface area contributed by atoms with Crippen LogP contribution in [0.5, 0.6) is 0 Å². The third-order valence-corrected chi connectivity index (χ3v) is 4.56. The maximum atomic E-state index is 5.89. The summed E-state index contributed by atoms with van der Waals surface area (Å²) in [6.07, 6.45) is 1.30. The molecule has 0 radical (unpaired) electrons. The molecule has 0 aromatic heterocycles. The van der Waals surface area contributed by atoms with Crippen molar-refractivity contribution >= 4 is 15.9 Å². The third kappa shape index (κ3) is 3.02. The van der Waals surface area contributed by atoms with Gasteiger partial charge in [0.2, 0.25) is 0 Å². The van der Waals surface area contributed by atoms with E-state index in [9.17, 15) is 0 Å². The van der Waals surface area contributed by atoms with Crippen molar-refractivity contribution in [2.45, 2.75) is 38.7 Å². The molecular weight excluding hydrogens is 306 g/mol. The summed E-state index contributed by atoms with van der Waals surface area (Å²) >= 11 is 3.64. The molecule has 3 nitrogen and oxygen atoms in total. The molecule has 3 rings (SSSR count). The Hall–Kier alpha value is -0.420. The number of fused-ring (bicyclic) bond motifs is 1. The van der Waals surface area contributed by atoms with Crippen molar-refractivity contribution in [1.29, 1.82) is 0 Å². The lowest BCUT2D eigenvalue weighted by Gasteiger charge is -2.31. The van der Waals surface area contributed by atoms with E-state index in [2.05, 4.69) is 39.0 Å². The van der Waals surface area contributed by atoms with E-state index in [1.807, 2.05) is 13.8 Å². The van der Waals surface area contributed by atoms with Crippen LogP contribution >= 0.6 is 15.9 Å². The van der Waals surface area contributed by atoms with E-state index in [-0.39, 0.29) is 6.10 Å².